The van der Waals surface area contributed by atoms with Gasteiger partial charge in [0.25, 0.3) is 0 Å². The van der Waals surface area contributed by atoms with Crippen LogP contribution in [0.1, 0.15) is 13.3 Å². The van der Waals surface area contributed by atoms with Crippen molar-refractivity contribution in [3.63, 3.8) is 0 Å². The van der Waals surface area contributed by atoms with Crippen LogP contribution in [0.2, 0.25) is 0 Å². The van der Waals surface area contributed by atoms with Crippen LogP contribution < -0.4 is 10.6 Å². The second-order valence-corrected chi connectivity index (χ2v) is 3.66. The van der Waals surface area contributed by atoms with Gasteiger partial charge in [-0.1, -0.05) is 0 Å². The zero-order valence-electron chi connectivity index (χ0n) is 10.5. The minimum Gasteiger partial charge on any atom is -0.480 e. The van der Waals surface area contributed by atoms with Gasteiger partial charge in [0.05, 0.1) is 0 Å². The molecule has 0 aromatic carbocycles. The number of rotatable bonds is 7. The molecule has 0 unspecified atom stereocenters. The number of carbonyl (C=O) groups excluding carboxylic acids is 2. The number of likely N-dealkylation sites (N-methyl/N-ethyl adjacent to an activating group) is 2. The number of aliphatic hydroxyl groups excluding tert-OH is 1. The molecule has 8 heteroatoms. The van der Waals surface area contributed by atoms with Crippen LogP contribution in [0.25, 0.3) is 0 Å². The van der Waals surface area contributed by atoms with Crippen LogP contribution in [0, 0.1) is 0 Å². The van der Waals surface area contributed by atoms with Crippen LogP contribution in [0.5, 0.6) is 0 Å². The van der Waals surface area contributed by atoms with Gasteiger partial charge in [0.15, 0.2) is 0 Å². The summed E-state index contributed by atoms with van der Waals surface area (Å²) in [4.78, 5) is 34.6. The Balaban J connectivity index is 4.28. The van der Waals surface area contributed by atoms with Crippen molar-refractivity contribution in [2.75, 3.05) is 26.7 Å². The predicted molar refractivity (Wildman–Crippen MR) is 63.0 cm³/mol. The smallest absolute Gasteiger partial charge is 0.326 e. The zero-order chi connectivity index (χ0) is 14.1. The van der Waals surface area contributed by atoms with Gasteiger partial charge >= 0.3 is 12.0 Å². The van der Waals surface area contributed by atoms with Gasteiger partial charge in [-0.3, -0.25) is 4.79 Å². The summed E-state index contributed by atoms with van der Waals surface area (Å²) in [7, 11) is 1.38. The number of urea groups is 1. The lowest BCUT2D eigenvalue weighted by molar-refractivity contribution is -0.139. The summed E-state index contributed by atoms with van der Waals surface area (Å²) in [5.41, 5.74) is 0. The molecule has 0 radical (unpaired) electrons. The number of nitrogens with zero attached hydrogens (tertiary/aromatic N) is 1. The van der Waals surface area contributed by atoms with E-state index in [-0.39, 0.29) is 25.5 Å². The number of hydrogen-bond acceptors (Lipinski definition) is 4. The molecule has 1 atom stereocenters. The van der Waals surface area contributed by atoms with Crippen LogP contribution in [0.3, 0.4) is 0 Å². The fourth-order valence-electron chi connectivity index (χ4n) is 1.19. The van der Waals surface area contributed by atoms with E-state index in [1.54, 1.807) is 6.92 Å². The van der Waals surface area contributed by atoms with Gasteiger partial charge in [-0.15, -0.1) is 0 Å². The lowest BCUT2D eigenvalue weighted by Gasteiger charge is -2.20. The maximum absolute atomic E-state index is 11.6. The molecule has 4 N–H and O–H groups in total. The van der Waals surface area contributed by atoms with Gasteiger partial charge in [0, 0.05) is 26.6 Å². The normalized spacial score (nSPS) is 11.5. The number of hydrogen-bond donors (Lipinski definition) is 4. The van der Waals surface area contributed by atoms with Crippen LogP contribution in [-0.2, 0) is 9.59 Å². The first-order chi connectivity index (χ1) is 8.42. The first-order valence-corrected chi connectivity index (χ1v) is 5.54. The minimum atomic E-state index is -1.23. The first kappa shape index (κ1) is 16.2. The highest BCUT2D eigenvalue weighted by atomic mass is 16.4. The highest BCUT2D eigenvalue weighted by molar-refractivity contribution is 5.86. The molecule has 18 heavy (non-hydrogen) atoms. The van der Waals surface area contributed by atoms with E-state index in [1.807, 2.05) is 0 Å². The average molecular weight is 261 g/mol. The Morgan fingerprint density at radius 1 is 1.33 bits per heavy atom. The van der Waals surface area contributed by atoms with Crippen molar-refractivity contribution >= 4 is 17.9 Å². The molecule has 0 rings (SSSR count). The van der Waals surface area contributed by atoms with Crippen molar-refractivity contribution < 1.29 is 24.6 Å². The van der Waals surface area contributed by atoms with E-state index in [2.05, 4.69) is 10.6 Å². The number of nitrogens with one attached hydrogen (secondary N) is 2. The number of aliphatic carboxylic acids is 1. The van der Waals surface area contributed by atoms with E-state index < -0.39 is 18.0 Å². The Hall–Kier alpha value is -1.83. The minimum absolute atomic E-state index is 0.0872. The Kier molecular flexibility index (Phi) is 7.45. The van der Waals surface area contributed by atoms with Gasteiger partial charge in [-0.25, -0.2) is 9.59 Å². The molecule has 0 aliphatic rings. The molecule has 0 spiro atoms. The maximum atomic E-state index is 11.6. The van der Waals surface area contributed by atoms with E-state index in [0.717, 1.165) is 4.90 Å². The molecule has 0 aromatic heterocycles. The second kappa shape index (κ2) is 8.29. The topological polar surface area (TPSA) is 119 Å². The van der Waals surface area contributed by atoms with Gasteiger partial charge in [-0.05, 0) is 6.92 Å². The molecule has 0 aliphatic heterocycles. The van der Waals surface area contributed by atoms with Gasteiger partial charge in [0.1, 0.15) is 12.6 Å². The molecule has 3 amide bonds. The number of carboxylic acids is 1. The standard InChI is InChI=1S/C10H19N3O5/c1-3-11-8(15)6-13(2)10(18)12-7(4-5-14)9(16)17/h7,14H,3-6H2,1-2H3,(H,11,15)(H,12,18)(H,16,17)/t7-/m0/s1. The molecule has 104 valence electrons. The van der Waals surface area contributed by atoms with Crippen molar-refractivity contribution in [3.8, 4) is 0 Å². The SMILES string of the molecule is CCNC(=O)CN(C)C(=O)N[C@@H](CCO)C(=O)O. The lowest BCUT2D eigenvalue weighted by Crippen LogP contribution is -2.49. The van der Waals surface area contributed by atoms with Crippen molar-refractivity contribution in [2.24, 2.45) is 0 Å². The zero-order valence-corrected chi connectivity index (χ0v) is 10.5. The molecular formula is C10H19N3O5. The van der Waals surface area contributed by atoms with E-state index in [4.69, 9.17) is 10.2 Å². The second-order valence-electron chi connectivity index (χ2n) is 3.66. The maximum Gasteiger partial charge on any atom is 0.326 e. The number of amides is 3. The molecule has 0 saturated heterocycles. The molecule has 0 heterocycles. The number of carbonyl (C=O) groups is 3. The largest absolute Gasteiger partial charge is 0.480 e. The molecule has 0 saturated carbocycles. The summed E-state index contributed by atoms with van der Waals surface area (Å²) < 4.78 is 0. The quantitative estimate of drug-likeness (QED) is 0.449. The third-order valence-corrected chi connectivity index (χ3v) is 2.11. The van der Waals surface area contributed by atoms with Crippen molar-refractivity contribution in [1.29, 1.82) is 0 Å². The average Bonchev–Trinajstić information content (AvgIpc) is 2.28. The van der Waals surface area contributed by atoms with E-state index in [0.29, 0.717) is 6.54 Å². The summed E-state index contributed by atoms with van der Waals surface area (Å²) >= 11 is 0. The van der Waals surface area contributed by atoms with E-state index in [9.17, 15) is 14.4 Å². The fraction of sp³-hybridized carbons (Fsp3) is 0.700. The Morgan fingerprint density at radius 2 is 1.94 bits per heavy atom. The summed E-state index contributed by atoms with van der Waals surface area (Å²) in [6, 6.07) is -1.85. The summed E-state index contributed by atoms with van der Waals surface area (Å²) in [5.74, 6) is -1.56. The summed E-state index contributed by atoms with van der Waals surface area (Å²) in [5, 5.41) is 22.2. The Bertz CT molecular complexity index is 308. The first-order valence-electron chi connectivity index (χ1n) is 5.54. The van der Waals surface area contributed by atoms with Crippen molar-refractivity contribution in [3.05, 3.63) is 0 Å². The third kappa shape index (κ3) is 6.04. The predicted octanol–water partition coefficient (Wildman–Crippen LogP) is -1.40. The van der Waals surface area contributed by atoms with Gasteiger partial charge in [0.2, 0.25) is 5.91 Å². The fourth-order valence-corrected chi connectivity index (χ4v) is 1.19. The van der Waals surface area contributed by atoms with Crippen LogP contribution in [0.15, 0.2) is 0 Å². The number of carboxylic acid groups (broad SMARTS) is 1. The number of aliphatic hydroxyl groups is 1. The molecule has 0 aromatic rings. The Labute approximate surface area is 105 Å². The summed E-state index contributed by atoms with van der Waals surface area (Å²) in [6.07, 6.45) is -0.0872. The Morgan fingerprint density at radius 3 is 2.39 bits per heavy atom. The molecule has 8 nitrogen and oxygen atoms in total. The van der Waals surface area contributed by atoms with Crippen LogP contribution in [0.4, 0.5) is 4.79 Å². The molecule has 0 bridgehead atoms. The van der Waals surface area contributed by atoms with E-state index in [1.165, 1.54) is 7.05 Å². The third-order valence-electron chi connectivity index (χ3n) is 2.11. The monoisotopic (exact) mass is 261 g/mol. The van der Waals surface area contributed by atoms with Crippen LogP contribution >= 0.6 is 0 Å². The van der Waals surface area contributed by atoms with Crippen molar-refractivity contribution in [2.45, 2.75) is 19.4 Å². The van der Waals surface area contributed by atoms with Crippen LogP contribution in [-0.4, -0.2) is 65.8 Å². The van der Waals surface area contributed by atoms with Gasteiger partial charge < -0.3 is 25.7 Å². The van der Waals surface area contributed by atoms with Gasteiger partial charge in [-0.2, -0.15) is 0 Å². The van der Waals surface area contributed by atoms with Crippen molar-refractivity contribution in [1.82, 2.24) is 15.5 Å². The molecular weight excluding hydrogens is 242 g/mol. The highest BCUT2D eigenvalue weighted by Crippen LogP contribution is 1.94. The summed E-state index contributed by atoms with van der Waals surface area (Å²) in [6.45, 7) is 1.69. The molecule has 0 aliphatic carbocycles. The highest BCUT2D eigenvalue weighted by Gasteiger charge is 2.21. The van der Waals surface area contributed by atoms with E-state index >= 15 is 0 Å². The lowest BCUT2D eigenvalue weighted by atomic mass is 10.2. The molecule has 0 fully saturated rings.